The lowest BCUT2D eigenvalue weighted by Gasteiger charge is -2.32. The zero-order valence-electron chi connectivity index (χ0n) is 23.6. The fourth-order valence-corrected chi connectivity index (χ4v) is 5.80. The standard InChI is InChI=1S/C33H47N3OS/c1-3-5-6-7-8-9-10-11-12-13-14-15-16-20-24-30(35(4-2)29-22-18-17-19-23-29)32(37)33-34-26-27-36(33)31-25-21-28-38-31/h11-12,17-19,21-23,25-28,30H,3-10,13-16,20,24H2,1-2H3/b12-11-/t30-/m0/s1. The molecule has 2 heterocycles. The molecule has 5 heteroatoms. The Hall–Kier alpha value is -2.66. The number of unbranched alkanes of at least 4 members (excludes halogenated alkanes) is 10. The molecule has 0 fully saturated rings. The summed E-state index contributed by atoms with van der Waals surface area (Å²) >= 11 is 1.62. The van der Waals surface area contributed by atoms with Crippen LogP contribution >= 0.6 is 11.3 Å². The summed E-state index contributed by atoms with van der Waals surface area (Å²) < 4.78 is 1.94. The van der Waals surface area contributed by atoms with Crippen LogP contribution in [-0.2, 0) is 0 Å². The zero-order chi connectivity index (χ0) is 26.8. The van der Waals surface area contributed by atoms with Gasteiger partial charge in [0, 0.05) is 24.6 Å². The van der Waals surface area contributed by atoms with Gasteiger partial charge in [-0.2, -0.15) is 0 Å². The number of nitrogens with zero attached hydrogens (tertiary/aromatic N) is 3. The van der Waals surface area contributed by atoms with Crippen LogP contribution in [0.2, 0.25) is 0 Å². The average Bonchev–Trinajstić information content (AvgIpc) is 3.65. The molecule has 0 unspecified atom stereocenters. The molecule has 1 aromatic carbocycles. The van der Waals surface area contributed by atoms with E-state index in [0.29, 0.717) is 5.82 Å². The third-order valence-electron chi connectivity index (χ3n) is 7.20. The largest absolute Gasteiger partial charge is 0.361 e. The highest BCUT2D eigenvalue weighted by Gasteiger charge is 2.29. The van der Waals surface area contributed by atoms with E-state index in [9.17, 15) is 4.79 Å². The Morgan fingerprint density at radius 2 is 1.58 bits per heavy atom. The minimum absolute atomic E-state index is 0.103. The van der Waals surface area contributed by atoms with E-state index in [4.69, 9.17) is 0 Å². The highest BCUT2D eigenvalue weighted by molar-refractivity contribution is 7.12. The van der Waals surface area contributed by atoms with Gasteiger partial charge in [0.05, 0.1) is 6.04 Å². The van der Waals surface area contributed by atoms with E-state index in [1.807, 2.05) is 46.5 Å². The number of Topliss-reactive ketones (excluding diaryl/α,β-unsaturated/α-hetero) is 1. The van der Waals surface area contributed by atoms with Gasteiger partial charge in [-0.1, -0.05) is 88.6 Å². The molecule has 0 radical (unpaired) electrons. The first-order chi connectivity index (χ1) is 18.8. The monoisotopic (exact) mass is 533 g/mol. The van der Waals surface area contributed by atoms with Crippen LogP contribution in [0.3, 0.4) is 0 Å². The average molecular weight is 534 g/mol. The van der Waals surface area contributed by atoms with Crippen LogP contribution in [0.5, 0.6) is 0 Å². The lowest BCUT2D eigenvalue weighted by atomic mass is 10.00. The molecule has 0 bridgehead atoms. The van der Waals surface area contributed by atoms with Gasteiger partial charge >= 0.3 is 0 Å². The number of likely N-dealkylation sites (N-methyl/N-ethyl adjacent to an activating group) is 1. The van der Waals surface area contributed by atoms with Gasteiger partial charge in [-0.05, 0) is 68.7 Å². The number of imidazole rings is 1. The van der Waals surface area contributed by atoms with Crippen LogP contribution in [0, 0.1) is 0 Å². The summed E-state index contributed by atoms with van der Waals surface area (Å²) in [7, 11) is 0. The smallest absolute Gasteiger partial charge is 0.220 e. The first kappa shape index (κ1) is 29.9. The summed E-state index contributed by atoms with van der Waals surface area (Å²) in [5.41, 5.74) is 1.10. The minimum atomic E-state index is -0.222. The molecule has 0 aliphatic carbocycles. The zero-order valence-corrected chi connectivity index (χ0v) is 24.4. The molecule has 0 N–H and O–H groups in total. The molecule has 38 heavy (non-hydrogen) atoms. The molecule has 2 aromatic heterocycles. The highest BCUT2D eigenvalue weighted by atomic mass is 32.1. The predicted octanol–water partition coefficient (Wildman–Crippen LogP) is 9.66. The van der Waals surface area contributed by atoms with Gasteiger partial charge in [0.2, 0.25) is 5.78 Å². The number of benzene rings is 1. The molecule has 0 aliphatic heterocycles. The summed E-state index contributed by atoms with van der Waals surface area (Å²) in [6, 6.07) is 14.2. The molecular formula is C33H47N3OS. The number of carbonyl (C=O) groups is 1. The first-order valence-electron chi connectivity index (χ1n) is 14.8. The van der Waals surface area contributed by atoms with Gasteiger partial charge in [-0.3, -0.25) is 9.36 Å². The summed E-state index contributed by atoms with van der Waals surface area (Å²) in [5.74, 6) is 0.633. The maximum atomic E-state index is 13.9. The number of carbonyl (C=O) groups excluding carboxylic acids is 1. The molecular weight excluding hydrogens is 486 g/mol. The number of rotatable bonds is 20. The SMILES string of the molecule is CCCCCCCC/C=C\CCCCCC[C@@H](C(=O)c1nccn1-c1cccs1)N(CC)c1ccccc1. The number of hydrogen-bond acceptors (Lipinski definition) is 4. The normalized spacial score (nSPS) is 12.3. The summed E-state index contributed by atoms with van der Waals surface area (Å²) in [6.45, 7) is 5.19. The highest BCUT2D eigenvalue weighted by Crippen LogP contribution is 2.25. The van der Waals surface area contributed by atoms with Crippen LogP contribution in [0.1, 0.15) is 108 Å². The second-order valence-electron chi connectivity index (χ2n) is 10.1. The Morgan fingerprint density at radius 3 is 2.24 bits per heavy atom. The maximum Gasteiger partial charge on any atom is 0.220 e. The van der Waals surface area contributed by atoms with Crippen molar-refractivity contribution in [1.82, 2.24) is 9.55 Å². The molecule has 0 amide bonds. The van der Waals surface area contributed by atoms with Crippen molar-refractivity contribution in [1.29, 1.82) is 0 Å². The van der Waals surface area contributed by atoms with E-state index in [0.717, 1.165) is 36.5 Å². The molecule has 0 saturated carbocycles. The molecule has 3 rings (SSSR count). The molecule has 0 spiro atoms. The lowest BCUT2D eigenvalue weighted by Crippen LogP contribution is -2.42. The van der Waals surface area contributed by atoms with Crippen molar-refractivity contribution in [3.8, 4) is 5.00 Å². The summed E-state index contributed by atoms with van der Waals surface area (Å²) in [5, 5.41) is 3.06. The third-order valence-corrected chi connectivity index (χ3v) is 8.07. The van der Waals surface area contributed by atoms with Gasteiger partial charge in [-0.25, -0.2) is 4.98 Å². The molecule has 1 atom stereocenters. The molecule has 4 nitrogen and oxygen atoms in total. The Morgan fingerprint density at radius 1 is 0.895 bits per heavy atom. The van der Waals surface area contributed by atoms with Crippen molar-refractivity contribution >= 4 is 22.8 Å². The Balaban J connectivity index is 1.50. The van der Waals surface area contributed by atoms with Crippen molar-refractivity contribution in [2.24, 2.45) is 0 Å². The second kappa shape index (κ2) is 17.8. The number of hydrogen-bond donors (Lipinski definition) is 0. The van der Waals surface area contributed by atoms with Crippen molar-refractivity contribution < 1.29 is 4.79 Å². The van der Waals surface area contributed by atoms with E-state index in [2.05, 4.69) is 48.0 Å². The molecule has 0 aliphatic rings. The Labute approximate surface area is 234 Å². The van der Waals surface area contributed by atoms with Crippen LogP contribution in [0.25, 0.3) is 5.00 Å². The summed E-state index contributed by atoms with van der Waals surface area (Å²) in [4.78, 5) is 20.7. The van der Waals surface area contributed by atoms with Crippen LogP contribution in [-0.4, -0.2) is 27.9 Å². The van der Waals surface area contributed by atoms with Gasteiger partial charge in [0.25, 0.3) is 0 Å². The minimum Gasteiger partial charge on any atom is -0.361 e. The predicted molar refractivity (Wildman–Crippen MR) is 164 cm³/mol. The fraction of sp³-hybridized carbons (Fsp3) is 0.515. The van der Waals surface area contributed by atoms with E-state index in [1.54, 1.807) is 17.5 Å². The van der Waals surface area contributed by atoms with Gasteiger partial charge < -0.3 is 4.90 Å². The van der Waals surface area contributed by atoms with E-state index < -0.39 is 0 Å². The van der Waals surface area contributed by atoms with Crippen LogP contribution < -0.4 is 4.90 Å². The van der Waals surface area contributed by atoms with E-state index >= 15 is 0 Å². The Kier molecular flexibility index (Phi) is 14.0. The van der Waals surface area contributed by atoms with Crippen LogP contribution in [0.15, 0.2) is 72.4 Å². The number of thiophene rings is 1. The van der Waals surface area contributed by atoms with Crippen molar-refractivity contribution in [3.05, 3.63) is 78.2 Å². The van der Waals surface area contributed by atoms with Crippen molar-refractivity contribution in [2.45, 2.75) is 103 Å². The van der Waals surface area contributed by atoms with Gasteiger partial charge in [-0.15, -0.1) is 11.3 Å². The van der Waals surface area contributed by atoms with Crippen molar-refractivity contribution in [2.75, 3.05) is 11.4 Å². The number of ketones is 1. The number of para-hydroxylation sites is 1. The topological polar surface area (TPSA) is 38.1 Å². The molecule has 206 valence electrons. The van der Waals surface area contributed by atoms with E-state index in [-0.39, 0.29) is 11.8 Å². The molecule has 3 aromatic rings. The van der Waals surface area contributed by atoms with Gasteiger partial charge in [0.15, 0.2) is 5.82 Å². The third kappa shape index (κ3) is 9.58. The van der Waals surface area contributed by atoms with Crippen LogP contribution in [0.4, 0.5) is 5.69 Å². The molecule has 0 saturated heterocycles. The summed E-state index contributed by atoms with van der Waals surface area (Å²) in [6.07, 6.45) is 24.4. The van der Waals surface area contributed by atoms with Gasteiger partial charge in [0.1, 0.15) is 5.00 Å². The quantitative estimate of drug-likeness (QED) is 0.0824. The van der Waals surface area contributed by atoms with Crippen molar-refractivity contribution in [3.63, 3.8) is 0 Å². The lowest BCUT2D eigenvalue weighted by molar-refractivity contribution is 0.0940. The number of anilines is 1. The first-order valence-corrected chi connectivity index (χ1v) is 15.7. The van der Waals surface area contributed by atoms with E-state index in [1.165, 1.54) is 64.2 Å². The maximum absolute atomic E-state index is 13.9. The second-order valence-corrected chi connectivity index (χ2v) is 11.0. The number of aromatic nitrogens is 2. The number of allylic oxidation sites excluding steroid dienone is 2. The fourth-order valence-electron chi connectivity index (χ4n) is 5.08. The Bertz CT molecular complexity index is 1040.